The Balaban J connectivity index is 1.89. The topological polar surface area (TPSA) is 98.3 Å². The number of carbonyl (C=O) groups excluding carboxylic acids is 1. The summed E-state index contributed by atoms with van der Waals surface area (Å²) >= 11 is 1.33. The van der Waals surface area contributed by atoms with Crippen molar-refractivity contribution in [1.29, 1.82) is 0 Å². The summed E-state index contributed by atoms with van der Waals surface area (Å²) in [5.41, 5.74) is 8.50. The first-order chi connectivity index (χ1) is 13.0. The highest BCUT2D eigenvalue weighted by Gasteiger charge is 2.17. The van der Waals surface area contributed by atoms with Gasteiger partial charge in [-0.3, -0.25) is 14.9 Å². The van der Waals surface area contributed by atoms with Crippen molar-refractivity contribution < 1.29 is 9.72 Å². The Kier molecular flexibility index (Phi) is 5.42. The molecule has 27 heavy (non-hydrogen) atoms. The fourth-order valence-electron chi connectivity index (χ4n) is 2.54. The summed E-state index contributed by atoms with van der Waals surface area (Å²) in [7, 11) is 0. The van der Waals surface area contributed by atoms with Gasteiger partial charge < -0.3 is 11.1 Å². The summed E-state index contributed by atoms with van der Waals surface area (Å²) in [6.45, 7) is 1.91. The van der Waals surface area contributed by atoms with Crippen molar-refractivity contribution in [2.24, 2.45) is 0 Å². The number of non-ortho nitro benzene ring substituents is 1. The molecule has 0 aliphatic rings. The number of nitrogens with zero attached hydrogens (tertiary/aromatic N) is 1. The molecule has 0 spiro atoms. The summed E-state index contributed by atoms with van der Waals surface area (Å²) in [4.78, 5) is 24.6. The summed E-state index contributed by atoms with van der Waals surface area (Å²) in [5.74, 6) is -0.299. The second-order valence-electron chi connectivity index (χ2n) is 5.84. The van der Waals surface area contributed by atoms with Crippen molar-refractivity contribution in [2.45, 2.75) is 16.7 Å². The second-order valence-corrected chi connectivity index (χ2v) is 6.96. The van der Waals surface area contributed by atoms with Gasteiger partial charge in [-0.15, -0.1) is 0 Å². The lowest BCUT2D eigenvalue weighted by atomic mass is 10.1. The first kappa shape index (κ1) is 18.5. The molecule has 6 nitrogen and oxygen atoms in total. The number of carbonyl (C=O) groups is 1. The minimum atomic E-state index is -0.448. The summed E-state index contributed by atoms with van der Waals surface area (Å²) in [6, 6.07) is 18.9. The highest BCUT2D eigenvalue weighted by atomic mass is 32.2. The van der Waals surface area contributed by atoms with Crippen molar-refractivity contribution >= 4 is 34.7 Å². The molecule has 0 aromatic heterocycles. The van der Waals surface area contributed by atoms with Crippen molar-refractivity contribution in [3.05, 3.63) is 88.0 Å². The molecule has 0 bridgehead atoms. The van der Waals surface area contributed by atoms with E-state index in [4.69, 9.17) is 5.73 Å². The molecule has 3 N–H and O–H groups in total. The zero-order valence-corrected chi connectivity index (χ0v) is 15.3. The highest BCUT2D eigenvalue weighted by molar-refractivity contribution is 7.99. The van der Waals surface area contributed by atoms with Crippen molar-refractivity contribution in [1.82, 2.24) is 0 Å². The lowest BCUT2D eigenvalue weighted by molar-refractivity contribution is -0.384. The molecular formula is C20H17N3O3S. The number of rotatable bonds is 5. The van der Waals surface area contributed by atoms with E-state index in [-0.39, 0.29) is 11.6 Å². The molecular weight excluding hydrogens is 362 g/mol. The molecule has 136 valence electrons. The number of para-hydroxylation sites is 1. The molecule has 3 rings (SSSR count). The summed E-state index contributed by atoms with van der Waals surface area (Å²) in [5, 5.41) is 13.7. The zero-order chi connectivity index (χ0) is 19.4. The number of hydrogen-bond donors (Lipinski definition) is 2. The fraction of sp³-hybridized carbons (Fsp3) is 0.0500. The number of amides is 1. The van der Waals surface area contributed by atoms with Gasteiger partial charge in [0.2, 0.25) is 0 Å². The maximum atomic E-state index is 12.8. The molecule has 0 saturated carbocycles. The van der Waals surface area contributed by atoms with Crippen LogP contribution in [-0.4, -0.2) is 10.8 Å². The van der Waals surface area contributed by atoms with Crippen LogP contribution in [0.5, 0.6) is 0 Å². The zero-order valence-electron chi connectivity index (χ0n) is 14.5. The van der Waals surface area contributed by atoms with Crippen LogP contribution >= 0.6 is 11.8 Å². The highest BCUT2D eigenvalue weighted by Crippen LogP contribution is 2.34. The Hall–Kier alpha value is -3.32. The van der Waals surface area contributed by atoms with Gasteiger partial charge in [0.25, 0.3) is 11.6 Å². The third-order valence-corrected chi connectivity index (χ3v) is 5.02. The van der Waals surface area contributed by atoms with Gasteiger partial charge in [-0.1, -0.05) is 36.0 Å². The van der Waals surface area contributed by atoms with Gasteiger partial charge in [-0.25, -0.2) is 0 Å². The minimum absolute atomic E-state index is 0.0180. The van der Waals surface area contributed by atoms with E-state index >= 15 is 0 Å². The molecule has 0 heterocycles. The van der Waals surface area contributed by atoms with E-state index in [0.29, 0.717) is 16.1 Å². The standard InChI is InChI=1S/C20H17N3O3S/c1-13-5-2-3-7-17(13)22-20(24)19-16(21)6-4-8-18(19)27-15-11-9-14(10-12-15)23(25)26/h2-12H,21H2,1H3,(H,22,24). The van der Waals surface area contributed by atoms with Gasteiger partial charge in [-0.2, -0.15) is 0 Å². The van der Waals surface area contributed by atoms with E-state index in [0.717, 1.165) is 16.1 Å². The Bertz CT molecular complexity index is 1000. The van der Waals surface area contributed by atoms with E-state index in [1.54, 1.807) is 30.3 Å². The van der Waals surface area contributed by atoms with Gasteiger partial charge in [0.05, 0.1) is 10.5 Å². The van der Waals surface area contributed by atoms with E-state index in [1.165, 1.54) is 23.9 Å². The van der Waals surface area contributed by atoms with Crippen molar-refractivity contribution in [3.8, 4) is 0 Å². The quantitative estimate of drug-likeness (QED) is 0.374. The first-order valence-corrected chi connectivity index (χ1v) is 8.95. The Morgan fingerprint density at radius 3 is 2.41 bits per heavy atom. The molecule has 0 aliphatic heterocycles. The Morgan fingerprint density at radius 2 is 1.74 bits per heavy atom. The summed E-state index contributed by atoms with van der Waals surface area (Å²) < 4.78 is 0. The molecule has 0 atom stereocenters. The van der Waals surface area contributed by atoms with Gasteiger partial charge in [-0.05, 0) is 42.8 Å². The summed E-state index contributed by atoms with van der Waals surface area (Å²) in [6.07, 6.45) is 0. The van der Waals surface area contributed by atoms with Crippen LogP contribution in [0, 0.1) is 17.0 Å². The van der Waals surface area contributed by atoms with Crippen LogP contribution in [0.15, 0.2) is 76.5 Å². The SMILES string of the molecule is Cc1ccccc1NC(=O)c1c(N)cccc1Sc1ccc([N+](=O)[O-])cc1. The normalized spacial score (nSPS) is 10.4. The van der Waals surface area contributed by atoms with Crippen LogP contribution in [0.1, 0.15) is 15.9 Å². The third-order valence-electron chi connectivity index (χ3n) is 3.95. The minimum Gasteiger partial charge on any atom is -0.398 e. The average Bonchev–Trinajstić information content (AvgIpc) is 2.64. The molecule has 0 aliphatic carbocycles. The van der Waals surface area contributed by atoms with Crippen LogP contribution < -0.4 is 11.1 Å². The van der Waals surface area contributed by atoms with Crippen LogP contribution in [0.2, 0.25) is 0 Å². The van der Waals surface area contributed by atoms with E-state index < -0.39 is 4.92 Å². The molecule has 0 radical (unpaired) electrons. The number of nitrogens with one attached hydrogen (secondary N) is 1. The van der Waals surface area contributed by atoms with Gasteiger partial charge in [0, 0.05) is 33.3 Å². The second kappa shape index (κ2) is 7.92. The largest absolute Gasteiger partial charge is 0.398 e. The van der Waals surface area contributed by atoms with Crippen LogP contribution in [0.4, 0.5) is 17.1 Å². The smallest absolute Gasteiger partial charge is 0.269 e. The van der Waals surface area contributed by atoms with Crippen LogP contribution in [-0.2, 0) is 0 Å². The first-order valence-electron chi connectivity index (χ1n) is 8.13. The number of anilines is 2. The Labute approximate surface area is 160 Å². The molecule has 0 fully saturated rings. The van der Waals surface area contributed by atoms with Crippen molar-refractivity contribution in [3.63, 3.8) is 0 Å². The number of nitro benzene ring substituents is 1. The van der Waals surface area contributed by atoms with Crippen LogP contribution in [0.25, 0.3) is 0 Å². The van der Waals surface area contributed by atoms with Gasteiger partial charge in [0.1, 0.15) is 0 Å². The number of hydrogen-bond acceptors (Lipinski definition) is 5. The lowest BCUT2D eigenvalue weighted by Crippen LogP contribution is -2.15. The molecule has 0 unspecified atom stereocenters. The van der Waals surface area contributed by atoms with Crippen LogP contribution in [0.3, 0.4) is 0 Å². The number of benzene rings is 3. The van der Waals surface area contributed by atoms with Gasteiger partial charge in [0.15, 0.2) is 0 Å². The van der Waals surface area contributed by atoms with E-state index in [1.807, 2.05) is 31.2 Å². The Morgan fingerprint density at radius 1 is 1.04 bits per heavy atom. The number of nitrogen functional groups attached to an aromatic ring is 1. The fourth-order valence-corrected chi connectivity index (χ4v) is 3.52. The van der Waals surface area contributed by atoms with Gasteiger partial charge >= 0.3 is 0 Å². The predicted octanol–water partition coefficient (Wildman–Crippen LogP) is 4.89. The molecule has 0 saturated heterocycles. The third kappa shape index (κ3) is 4.27. The molecule has 7 heteroatoms. The number of nitro groups is 1. The van der Waals surface area contributed by atoms with Crippen molar-refractivity contribution in [2.75, 3.05) is 11.1 Å². The predicted molar refractivity (Wildman–Crippen MR) is 107 cm³/mol. The van der Waals surface area contributed by atoms with E-state index in [9.17, 15) is 14.9 Å². The molecule has 3 aromatic carbocycles. The average molecular weight is 379 g/mol. The molecule has 1 amide bonds. The maximum Gasteiger partial charge on any atom is 0.269 e. The lowest BCUT2D eigenvalue weighted by Gasteiger charge is -2.13. The monoisotopic (exact) mass is 379 g/mol. The number of nitrogens with two attached hydrogens (primary N) is 1. The van der Waals surface area contributed by atoms with E-state index in [2.05, 4.69) is 5.32 Å². The molecule has 3 aromatic rings. The number of aryl methyl sites for hydroxylation is 1. The maximum absolute atomic E-state index is 12.8.